The zero-order chi connectivity index (χ0) is 13.5. The Kier molecular flexibility index (Phi) is 2.62. The number of rotatable bonds is 4. The standard InChI is InChI=1S/C16H17N3O/c20-15-8-14(18-16(19-15)10-5-6-10)17-9-12-7-11-3-1-2-4-13(11)12/h1-4,8,10,12H,5-7,9H2,(H2,17,18,19,20). The Morgan fingerprint density at radius 2 is 2.15 bits per heavy atom. The van der Waals surface area contributed by atoms with Crippen LogP contribution in [-0.4, -0.2) is 16.5 Å². The Hall–Kier alpha value is -2.10. The maximum absolute atomic E-state index is 11.6. The van der Waals surface area contributed by atoms with Crippen molar-refractivity contribution in [3.05, 3.63) is 57.6 Å². The van der Waals surface area contributed by atoms with Crippen molar-refractivity contribution in [1.29, 1.82) is 0 Å². The molecule has 1 aromatic heterocycles. The van der Waals surface area contributed by atoms with Crippen LogP contribution in [0.15, 0.2) is 35.1 Å². The first kappa shape index (κ1) is 11.7. The van der Waals surface area contributed by atoms with Crippen LogP contribution in [0.1, 0.15) is 41.6 Å². The molecule has 1 fully saturated rings. The summed E-state index contributed by atoms with van der Waals surface area (Å²) in [6.45, 7) is 0.845. The van der Waals surface area contributed by atoms with Gasteiger partial charge in [0.1, 0.15) is 11.6 Å². The first-order chi connectivity index (χ1) is 9.79. The van der Waals surface area contributed by atoms with E-state index >= 15 is 0 Å². The molecule has 0 spiro atoms. The number of hydrogen-bond acceptors (Lipinski definition) is 3. The lowest BCUT2D eigenvalue weighted by Crippen LogP contribution is -2.25. The summed E-state index contributed by atoms with van der Waals surface area (Å²) < 4.78 is 0. The van der Waals surface area contributed by atoms with Gasteiger partial charge in [-0.05, 0) is 30.4 Å². The average molecular weight is 267 g/mol. The van der Waals surface area contributed by atoms with Crippen molar-refractivity contribution in [3.8, 4) is 0 Å². The number of H-pyrrole nitrogens is 1. The van der Waals surface area contributed by atoms with E-state index in [1.807, 2.05) is 0 Å². The van der Waals surface area contributed by atoms with Crippen molar-refractivity contribution in [2.75, 3.05) is 11.9 Å². The number of aromatic amines is 1. The summed E-state index contributed by atoms with van der Waals surface area (Å²) in [5.41, 5.74) is 2.81. The van der Waals surface area contributed by atoms with E-state index in [1.165, 1.54) is 11.1 Å². The van der Waals surface area contributed by atoms with Gasteiger partial charge in [0.2, 0.25) is 0 Å². The van der Waals surface area contributed by atoms with Gasteiger partial charge in [-0.2, -0.15) is 0 Å². The molecule has 1 atom stereocenters. The highest BCUT2D eigenvalue weighted by molar-refractivity contribution is 5.43. The molecule has 0 saturated heterocycles. The predicted octanol–water partition coefficient (Wildman–Crippen LogP) is 2.40. The van der Waals surface area contributed by atoms with Crippen molar-refractivity contribution in [3.63, 3.8) is 0 Å². The van der Waals surface area contributed by atoms with Crippen LogP contribution < -0.4 is 10.9 Å². The van der Waals surface area contributed by atoms with Gasteiger partial charge in [-0.1, -0.05) is 24.3 Å². The van der Waals surface area contributed by atoms with Crippen LogP contribution >= 0.6 is 0 Å². The largest absolute Gasteiger partial charge is 0.369 e. The van der Waals surface area contributed by atoms with E-state index in [9.17, 15) is 4.79 Å². The smallest absolute Gasteiger partial charge is 0.252 e. The first-order valence-electron chi connectivity index (χ1n) is 7.22. The SMILES string of the molecule is O=c1cc(NCC2Cc3ccccc32)nc(C2CC2)[nH]1. The van der Waals surface area contributed by atoms with E-state index in [2.05, 4.69) is 39.6 Å². The number of hydrogen-bond donors (Lipinski definition) is 2. The van der Waals surface area contributed by atoms with E-state index in [1.54, 1.807) is 6.07 Å². The van der Waals surface area contributed by atoms with Crippen LogP contribution in [0.2, 0.25) is 0 Å². The number of nitrogens with one attached hydrogen (secondary N) is 2. The Morgan fingerprint density at radius 1 is 1.30 bits per heavy atom. The molecule has 102 valence electrons. The lowest BCUT2D eigenvalue weighted by Gasteiger charge is -2.30. The molecule has 0 radical (unpaired) electrons. The normalized spacial score (nSPS) is 20.1. The lowest BCUT2D eigenvalue weighted by atomic mass is 9.78. The van der Waals surface area contributed by atoms with Crippen molar-refractivity contribution in [1.82, 2.24) is 9.97 Å². The Morgan fingerprint density at radius 3 is 2.95 bits per heavy atom. The number of benzene rings is 1. The maximum atomic E-state index is 11.6. The number of nitrogens with zero attached hydrogens (tertiary/aromatic N) is 1. The molecule has 4 rings (SSSR count). The average Bonchev–Trinajstić information content (AvgIpc) is 3.23. The molecule has 0 aliphatic heterocycles. The van der Waals surface area contributed by atoms with Crippen LogP contribution in [0, 0.1) is 0 Å². The van der Waals surface area contributed by atoms with Crippen LogP contribution in [0.5, 0.6) is 0 Å². The van der Waals surface area contributed by atoms with Crippen molar-refractivity contribution < 1.29 is 0 Å². The molecule has 2 aromatic rings. The van der Waals surface area contributed by atoms with Gasteiger partial charge in [-0.25, -0.2) is 4.98 Å². The Labute approximate surface area is 117 Å². The van der Waals surface area contributed by atoms with Crippen molar-refractivity contribution in [2.45, 2.75) is 31.1 Å². The minimum absolute atomic E-state index is 0.0570. The van der Waals surface area contributed by atoms with Gasteiger partial charge in [0, 0.05) is 24.4 Å². The van der Waals surface area contributed by atoms with E-state index < -0.39 is 0 Å². The van der Waals surface area contributed by atoms with E-state index in [0.717, 1.165) is 31.6 Å². The van der Waals surface area contributed by atoms with Crippen LogP contribution in [0.25, 0.3) is 0 Å². The quantitative estimate of drug-likeness (QED) is 0.894. The monoisotopic (exact) mass is 267 g/mol. The molecule has 4 heteroatoms. The second-order valence-corrected chi connectivity index (χ2v) is 5.77. The number of aromatic nitrogens is 2. The van der Waals surface area contributed by atoms with Gasteiger partial charge in [-0.3, -0.25) is 4.79 Å². The predicted molar refractivity (Wildman–Crippen MR) is 78.2 cm³/mol. The molecule has 1 heterocycles. The van der Waals surface area contributed by atoms with Gasteiger partial charge in [0.25, 0.3) is 5.56 Å². The maximum Gasteiger partial charge on any atom is 0.252 e. The Balaban J connectivity index is 1.47. The van der Waals surface area contributed by atoms with Gasteiger partial charge in [-0.15, -0.1) is 0 Å². The molecule has 1 aromatic carbocycles. The molecular weight excluding hydrogens is 250 g/mol. The van der Waals surface area contributed by atoms with E-state index in [0.29, 0.717) is 17.7 Å². The van der Waals surface area contributed by atoms with Gasteiger partial charge in [0.05, 0.1) is 0 Å². The highest BCUT2D eigenvalue weighted by atomic mass is 16.1. The molecule has 0 amide bonds. The van der Waals surface area contributed by atoms with E-state index in [-0.39, 0.29) is 5.56 Å². The van der Waals surface area contributed by atoms with Crippen molar-refractivity contribution in [2.24, 2.45) is 0 Å². The summed E-state index contributed by atoms with van der Waals surface area (Å²) in [5, 5.41) is 3.32. The van der Waals surface area contributed by atoms with E-state index in [4.69, 9.17) is 0 Å². The van der Waals surface area contributed by atoms with Gasteiger partial charge >= 0.3 is 0 Å². The molecule has 0 bridgehead atoms. The summed E-state index contributed by atoms with van der Waals surface area (Å²) in [6.07, 6.45) is 3.40. The topological polar surface area (TPSA) is 57.8 Å². The second kappa shape index (κ2) is 4.47. The van der Waals surface area contributed by atoms with Crippen LogP contribution in [-0.2, 0) is 6.42 Å². The second-order valence-electron chi connectivity index (χ2n) is 5.77. The minimum Gasteiger partial charge on any atom is -0.369 e. The zero-order valence-corrected chi connectivity index (χ0v) is 11.2. The fourth-order valence-electron chi connectivity index (χ4n) is 2.89. The van der Waals surface area contributed by atoms with Gasteiger partial charge < -0.3 is 10.3 Å². The van der Waals surface area contributed by atoms with Crippen LogP contribution in [0.4, 0.5) is 5.82 Å². The third kappa shape index (κ3) is 2.11. The molecule has 2 aliphatic rings. The van der Waals surface area contributed by atoms with Crippen molar-refractivity contribution >= 4 is 5.82 Å². The zero-order valence-electron chi connectivity index (χ0n) is 11.2. The lowest BCUT2D eigenvalue weighted by molar-refractivity contribution is 0.634. The van der Waals surface area contributed by atoms with Gasteiger partial charge in [0.15, 0.2) is 0 Å². The third-order valence-corrected chi connectivity index (χ3v) is 4.21. The molecule has 1 saturated carbocycles. The number of fused-ring (bicyclic) bond motifs is 1. The molecule has 1 unspecified atom stereocenters. The highest BCUT2D eigenvalue weighted by Gasteiger charge is 2.27. The summed E-state index contributed by atoms with van der Waals surface area (Å²) in [4.78, 5) is 19.0. The number of anilines is 1. The summed E-state index contributed by atoms with van der Waals surface area (Å²) >= 11 is 0. The minimum atomic E-state index is -0.0570. The molecule has 20 heavy (non-hydrogen) atoms. The summed E-state index contributed by atoms with van der Waals surface area (Å²) in [7, 11) is 0. The molecule has 2 N–H and O–H groups in total. The third-order valence-electron chi connectivity index (χ3n) is 4.21. The fraction of sp³-hybridized carbons (Fsp3) is 0.375. The fourth-order valence-corrected chi connectivity index (χ4v) is 2.89. The highest BCUT2D eigenvalue weighted by Crippen LogP contribution is 2.38. The molecular formula is C16H17N3O. The first-order valence-corrected chi connectivity index (χ1v) is 7.22. The summed E-state index contributed by atoms with van der Waals surface area (Å²) in [6, 6.07) is 10.1. The summed E-state index contributed by atoms with van der Waals surface area (Å²) in [5.74, 6) is 2.56. The van der Waals surface area contributed by atoms with Crippen LogP contribution in [0.3, 0.4) is 0 Å². The molecule has 2 aliphatic carbocycles. The molecule has 4 nitrogen and oxygen atoms in total. The Bertz CT molecular complexity index is 703.